The lowest BCUT2D eigenvalue weighted by molar-refractivity contribution is 0.0944. The molecule has 2 aromatic carbocycles. The number of benzene rings is 2. The number of aliphatic hydroxyl groups excluding tert-OH is 1. The molecule has 0 bridgehead atoms. The fourth-order valence-corrected chi connectivity index (χ4v) is 2.51. The minimum Gasteiger partial charge on any atom is -0.395 e. The zero-order valence-corrected chi connectivity index (χ0v) is 12.7. The van der Waals surface area contributed by atoms with Gasteiger partial charge in [-0.05, 0) is 24.3 Å². The van der Waals surface area contributed by atoms with Crippen LogP contribution in [0.5, 0.6) is 0 Å². The average Bonchev–Trinajstić information content (AvgIpc) is 2.60. The summed E-state index contributed by atoms with van der Waals surface area (Å²) in [7, 11) is 0. The van der Waals surface area contributed by atoms with Crippen molar-refractivity contribution in [2.24, 2.45) is 0 Å². The minimum atomic E-state index is -0.624. The SMILES string of the molecule is O=C(NCCO)c1ccccc1-n1c(=O)[nH]c2ccccc2c1=O. The van der Waals surface area contributed by atoms with Crippen molar-refractivity contribution < 1.29 is 9.90 Å². The van der Waals surface area contributed by atoms with Crippen LogP contribution in [-0.2, 0) is 0 Å². The van der Waals surface area contributed by atoms with E-state index < -0.39 is 17.2 Å². The summed E-state index contributed by atoms with van der Waals surface area (Å²) >= 11 is 0. The molecule has 0 aliphatic rings. The molecule has 7 nitrogen and oxygen atoms in total. The number of nitrogens with zero attached hydrogens (tertiary/aromatic N) is 1. The van der Waals surface area contributed by atoms with Crippen LogP contribution in [0.2, 0.25) is 0 Å². The molecule has 7 heteroatoms. The van der Waals surface area contributed by atoms with Gasteiger partial charge in [0.15, 0.2) is 0 Å². The first-order valence-electron chi connectivity index (χ1n) is 7.36. The van der Waals surface area contributed by atoms with Crippen molar-refractivity contribution in [1.82, 2.24) is 14.9 Å². The van der Waals surface area contributed by atoms with Crippen LogP contribution in [-0.4, -0.2) is 33.7 Å². The Labute approximate surface area is 136 Å². The fourth-order valence-electron chi connectivity index (χ4n) is 2.51. The van der Waals surface area contributed by atoms with Crippen molar-refractivity contribution in [3.63, 3.8) is 0 Å². The lowest BCUT2D eigenvalue weighted by atomic mass is 10.1. The molecule has 0 aliphatic carbocycles. The third-order valence-corrected chi connectivity index (χ3v) is 3.59. The molecule has 122 valence electrons. The van der Waals surface area contributed by atoms with Gasteiger partial charge in [-0.15, -0.1) is 0 Å². The Hall–Kier alpha value is -3.19. The number of aromatic amines is 1. The predicted octanol–water partition coefficient (Wildman–Crippen LogP) is 0.401. The Morgan fingerprint density at radius 1 is 1.08 bits per heavy atom. The molecule has 0 unspecified atom stereocenters. The topological polar surface area (TPSA) is 104 Å². The highest BCUT2D eigenvalue weighted by atomic mass is 16.3. The summed E-state index contributed by atoms with van der Waals surface area (Å²) in [5.74, 6) is -0.473. The van der Waals surface area contributed by atoms with E-state index in [4.69, 9.17) is 5.11 Å². The third kappa shape index (κ3) is 2.72. The van der Waals surface area contributed by atoms with Crippen molar-refractivity contribution in [2.75, 3.05) is 13.2 Å². The first-order valence-corrected chi connectivity index (χ1v) is 7.36. The van der Waals surface area contributed by atoms with Crippen molar-refractivity contribution in [2.45, 2.75) is 0 Å². The van der Waals surface area contributed by atoms with Crippen LogP contribution in [0.1, 0.15) is 10.4 Å². The maximum atomic E-state index is 12.7. The van der Waals surface area contributed by atoms with Crippen molar-refractivity contribution in [1.29, 1.82) is 0 Å². The standard InChI is InChI=1S/C17H15N3O4/c21-10-9-18-15(22)12-6-2-4-8-14(12)20-16(23)11-5-1-3-7-13(11)19-17(20)24/h1-8,21H,9-10H2,(H,18,22)(H,19,24). The first kappa shape index (κ1) is 15.7. The molecular formula is C17H15N3O4. The number of carbonyl (C=O) groups excluding carboxylic acids is 1. The van der Waals surface area contributed by atoms with Crippen LogP contribution < -0.4 is 16.6 Å². The lowest BCUT2D eigenvalue weighted by Gasteiger charge is -2.11. The molecule has 0 saturated carbocycles. The molecule has 1 heterocycles. The Bertz CT molecular complexity index is 1020. The Kier molecular flexibility index (Phi) is 4.26. The van der Waals surface area contributed by atoms with Crippen molar-refractivity contribution in [3.8, 4) is 5.69 Å². The summed E-state index contributed by atoms with van der Waals surface area (Å²) in [6, 6.07) is 13.0. The Morgan fingerprint density at radius 3 is 2.58 bits per heavy atom. The number of H-pyrrole nitrogens is 1. The number of hydrogen-bond acceptors (Lipinski definition) is 4. The van der Waals surface area contributed by atoms with Gasteiger partial charge in [0.1, 0.15) is 0 Å². The number of hydrogen-bond donors (Lipinski definition) is 3. The minimum absolute atomic E-state index is 0.0795. The first-order chi connectivity index (χ1) is 11.6. The molecule has 0 fully saturated rings. The highest BCUT2D eigenvalue weighted by molar-refractivity contribution is 5.97. The van der Waals surface area contributed by atoms with E-state index in [-0.39, 0.29) is 24.4 Å². The largest absolute Gasteiger partial charge is 0.395 e. The highest BCUT2D eigenvalue weighted by Gasteiger charge is 2.16. The van der Waals surface area contributed by atoms with E-state index in [9.17, 15) is 14.4 Å². The molecule has 0 aliphatic heterocycles. The van der Waals surface area contributed by atoms with E-state index in [1.54, 1.807) is 36.4 Å². The van der Waals surface area contributed by atoms with E-state index >= 15 is 0 Å². The van der Waals surface area contributed by atoms with Gasteiger partial charge in [0.25, 0.3) is 11.5 Å². The monoisotopic (exact) mass is 325 g/mol. The lowest BCUT2D eigenvalue weighted by Crippen LogP contribution is -2.36. The van der Waals surface area contributed by atoms with E-state index in [0.29, 0.717) is 10.9 Å². The van der Waals surface area contributed by atoms with Crippen molar-refractivity contribution >= 4 is 16.8 Å². The van der Waals surface area contributed by atoms with Gasteiger partial charge in [-0.2, -0.15) is 0 Å². The molecule has 0 spiro atoms. The molecule has 0 radical (unpaired) electrons. The third-order valence-electron chi connectivity index (χ3n) is 3.59. The van der Waals surface area contributed by atoms with Crippen LogP contribution in [0.25, 0.3) is 16.6 Å². The molecule has 24 heavy (non-hydrogen) atoms. The quantitative estimate of drug-likeness (QED) is 0.646. The number of fused-ring (bicyclic) bond motifs is 1. The van der Waals surface area contributed by atoms with Gasteiger partial charge < -0.3 is 15.4 Å². The summed E-state index contributed by atoms with van der Waals surface area (Å²) in [6.45, 7) is -0.124. The van der Waals surface area contributed by atoms with E-state index in [1.165, 1.54) is 12.1 Å². The number of amides is 1. The van der Waals surface area contributed by atoms with Gasteiger partial charge >= 0.3 is 5.69 Å². The summed E-state index contributed by atoms with van der Waals surface area (Å²) in [5.41, 5.74) is -0.331. The van der Waals surface area contributed by atoms with Crippen LogP contribution in [0.4, 0.5) is 0 Å². The van der Waals surface area contributed by atoms with E-state index in [1.807, 2.05) is 0 Å². The maximum Gasteiger partial charge on any atom is 0.333 e. The molecule has 3 N–H and O–H groups in total. The number of nitrogens with one attached hydrogen (secondary N) is 2. The van der Waals surface area contributed by atoms with Gasteiger partial charge in [-0.25, -0.2) is 9.36 Å². The molecule has 1 amide bonds. The van der Waals surface area contributed by atoms with Crippen LogP contribution >= 0.6 is 0 Å². The highest BCUT2D eigenvalue weighted by Crippen LogP contribution is 2.12. The molecule has 3 rings (SSSR count). The molecular weight excluding hydrogens is 310 g/mol. The van der Waals surface area contributed by atoms with Crippen molar-refractivity contribution in [3.05, 3.63) is 74.9 Å². The van der Waals surface area contributed by atoms with Gasteiger partial charge in [0.05, 0.1) is 28.8 Å². The smallest absolute Gasteiger partial charge is 0.333 e. The second-order valence-electron chi connectivity index (χ2n) is 5.11. The second-order valence-corrected chi connectivity index (χ2v) is 5.11. The fraction of sp³-hybridized carbons (Fsp3) is 0.118. The number of para-hydroxylation sites is 2. The number of carbonyl (C=O) groups is 1. The summed E-state index contributed by atoms with van der Waals surface area (Å²) in [6.07, 6.45) is 0. The van der Waals surface area contributed by atoms with Crippen LogP contribution in [0, 0.1) is 0 Å². The summed E-state index contributed by atoms with van der Waals surface area (Å²) < 4.78 is 0.941. The number of rotatable bonds is 4. The Balaban J connectivity index is 2.24. The van der Waals surface area contributed by atoms with Gasteiger partial charge in [0, 0.05) is 6.54 Å². The van der Waals surface area contributed by atoms with Gasteiger partial charge in [0.2, 0.25) is 0 Å². The molecule has 0 atom stereocenters. The molecule has 3 aromatic rings. The number of aliphatic hydroxyl groups is 1. The molecule has 1 aromatic heterocycles. The van der Waals surface area contributed by atoms with E-state index in [0.717, 1.165) is 4.57 Å². The number of aromatic nitrogens is 2. The zero-order chi connectivity index (χ0) is 17.1. The van der Waals surface area contributed by atoms with Crippen LogP contribution in [0.3, 0.4) is 0 Å². The summed E-state index contributed by atoms with van der Waals surface area (Å²) in [4.78, 5) is 40.0. The maximum absolute atomic E-state index is 12.7. The second kappa shape index (κ2) is 6.51. The average molecular weight is 325 g/mol. The van der Waals surface area contributed by atoms with Crippen LogP contribution in [0.15, 0.2) is 58.1 Å². The van der Waals surface area contributed by atoms with Gasteiger partial charge in [-0.1, -0.05) is 24.3 Å². The van der Waals surface area contributed by atoms with Gasteiger partial charge in [-0.3, -0.25) is 9.59 Å². The summed E-state index contributed by atoms with van der Waals surface area (Å²) in [5, 5.41) is 11.7. The Morgan fingerprint density at radius 2 is 1.79 bits per heavy atom. The normalized spacial score (nSPS) is 10.7. The predicted molar refractivity (Wildman–Crippen MR) is 89.6 cm³/mol. The van der Waals surface area contributed by atoms with E-state index in [2.05, 4.69) is 10.3 Å². The zero-order valence-electron chi connectivity index (χ0n) is 12.7. The molecule has 0 saturated heterocycles.